The van der Waals surface area contributed by atoms with Crippen molar-refractivity contribution in [3.63, 3.8) is 0 Å². The molecule has 0 bridgehead atoms. The number of allylic oxidation sites excluding steroid dienone is 4. The monoisotopic (exact) mass is 568 g/mol. The van der Waals surface area contributed by atoms with Crippen molar-refractivity contribution in [3.05, 3.63) is 84.0 Å². The third kappa shape index (κ3) is 16.7. The van der Waals surface area contributed by atoms with E-state index in [2.05, 4.69) is 93.9 Å². The molecule has 0 heterocycles. The zero-order valence-electron chi connectivity index (χ0n) is 19.2. The molecule has 30 heavy (non-hydrogen) atoms. The van der Waals surface area contributed by atoms with Gasteiger partial charge in [0.1, 0.15) is 0 Å². The summed E-state index contributed by atoms with van der Waals surface area (Å²) >= 11 is 1.58. The second-order valence-electron chi connectivity index (χ2n) is 7.40. The van der Waals surface area contributed by atoms with E-state index >= 15 is 0 Å². The van der Waals surface area contributed by atoms with Crippen LogP contribution in [-0.4, -0.2) is 24.5 Å². The summed E-state index contributed by atoms with van der Waals surface area (Å²) in [5.74, 6) is 0. The predicted octanol–water partition coefficient (Wildman–Crippen LogP) is 7.03. The quantitative estimate of drug-likeness (QED) is 0.201. The van der Waals surface area contributed by atoms with Gasteiger partial charge in [0.05, 0.1) is 0 Å². The van der Waals surface area contributed by atoms with Crippen molar-refractivity contribution >= 4 is 49.3 Å². The third-order valence-corrected chi connectivity index (χ3v) is 3.20. The fourth-order valence-electron chi connectivity index (χ4n) is 2.34. The van der Waals surface area contributed by atoms with E-state index in [4.69, 9.17) is 0 Å². The summed E-state index contributed by atoms with van der Waals surface area (Å²) < 4.78 is 0. The van der Waals surface area contributed by atoms with E-state index in [1.165, 1.54) is 22.3 Å². The second-order valence-corrected chi connectivity index (χ2v) is 13.4. The molecule has 0 saturated heterocycles. The molecule has 2 aliphatic carbocycles. The molecule has 0 amide bonds. The van der Waals surface area contributed by atoms with Gasteiger partial charge in [-0.05, 0) is 6.42 Å². The summed E-state index contributed by atoms with van der Waals surface area (Å²) in [6, 6.07) is 18.1. The number of halogens is 2. The zero-order valence-corrected chi connectivity index (χ0v) is 26.7. The average Bonchev–Trinajstić information content (AvgIpc) is 3.34. The largest absolute Gasteiger partial charge is 0.179 e. The molecule has 0 aliphatic heterocycles. The summed E-state index contributed by atoms with van der Waals surface area (Å²) in [6.07, 6.45) is 11.0. The molecule has 2 aliphatic rings. The molecule has 162 valence electrons. The van der Waals surface area contributed by atoms with E-state index in [1.807, 2.05) is 25.1 Å². The minimum Gasteiger partial charge on any atom is -0.179 e. The molecule has 0 spiro atoms. The Morgan fingerprint density at radius 2 is 1.37 bits per heavy atom. The number of fused-ring (bicyclic) bond motifs is 3. The zero-order chi connectivity index (χ0) is 21.4. The Morgan fingerprint density at radius 1 is 0.833 bits per heavy atom. The van der Waals surface area contributed by atoms with Crippen molar-refractivity contribution in [2.24, 2.45) is 0 Å². The minimum atomic E-state index is 0. The summed E-state index contributed by atoms with van der Waals surface area (Å²) in [5.41, 5.74) is 5.51. The molecule has 0 fully saturated rings. The van der Waals surface area contributed by atoms with Crippen molar-refractivity contribution in [2.75, 3.05) is 0 Å². The summed E-state index contributed by atoms with van der Waals surface area (Å²) in [4.78, 5) is 0. The Bertz CT molecular complexity index is 667. The molecule has 2 aromatic carbocycles. The molecule has 0 atom stereocenters. The molecule has 0 saturated carbocycles. The van der Waals surface area contributed by atoms with E-state index < -0.39 is 0 Å². The van der Waals surface area contributed by atoms with Crippen LogP contribution in [0.15, 0.2) is 60.7 Å². The van der Waals surface area contributed by atoms with Crippen LogP contribution in [0.1, 0.15) is 17.5 Å². The molecular weight excluding hydrogens is 535 g/mol. The number of benzene rings is 2. The fraction of sp³-hybridized carbons (Fsp3) is 0.333. The van der Waals surface area contributed by atoms with Crippen molar-refractivity contribution in [1.29, 1.82) is 0 Å². The van der Waals surface area contributed by atoms with Gasteiger partial charge in [0.15, 0.2) is 0 Å². The van der Waals surface area contributed by atoms with Crippen LogP contribution in [0.25, 0.3) is 11.1 Å². The van der Waals surface area contributed by atoms with Crippen LogP contribution >= 0.6 is 24.8 Å². The van der Waals surface area contributed by atoms with Crippen molar-refractivity contribution < 1.29 is 23.3 Å². The Kier molecular flexibility index (Phi) is 25.7. The Labute approximate surface area is 218 Å². The van der Waals surface area contributed by atoms with Crippen molar-refractivity contribution in [1.82, 2.24) is 0 Å². The second kappa shape index (κ2) is 22.2. The molecule has 0 unspecified atom stereocenters. The molecule has 0 aromatic heterocycles. The van der Waals surface area contributed by atoms with Crippen molar-refractivity contribution in [2.45, 2.75) is 52.1 Å². The van der Waals surface area contributed by atoms with Gasteiger partial charge in [-0.15, -0.1) is 36.8 Å². The van der Waals surface area contributed by atoms with E-state index in [9.17, 15) is 0 Å². The Balaban J connectivity index is -0.000000364. The van der Waals surface area contributed by atoms with Gasteiger partial charge in [-0.1, -0.05) is 74.7 Å². The van der Waals surface area contributed by atoms with Crippen LogP contribution in [0.5, 0.6) is 0 Å². The minimum absolute atomic E-state index is 0. The molecule has 6 heteroatoms. The molecule has 0 N–H and O–H groups in total. The molecule has 2 radical (unpaired) electrons. The molecular formula is C24H36Cl2Si3Zr. The number of rotatable bonds is 0. The van der Waals surface area contributed by atoms with Gasteiger partial charge >= 0.3 is 30.2 Å². The topological polar surface area (TPSA) is 0 Å². The number of hydrogen-bond donors (Lipinski definition) is 0. The summed E-state index contributed by atoms with van der Waals surface area (Å²) in [5, 5.41) is 0. The molecule has 2 aromatic rings. The van der Waals surface area contributed by atoms with Gasteiger partial charge in [-0.2, -0.15) is 35.9 Å². The van der Waals surface area contributed by atoms with Gasteiger partial charge in [0, 0.05) is 17.6 Å². The normalized spacial score (nSPS) is 10.9. The van der Waals surface area contributed by atoms with Crippen LogP contribution in [0.4, 0.5) is 0 Å². The maximum Gasteiger partial charge on any atom is -0.0253 e. The predicted molar refractivity (Wildman–Crippen MR) is 145 cm³/mol. The Morgan fingerprint density at radius 3 is 1.83 bits per heavy atom. The smallest absolute Gasteiger partial charge is 0.0253 e. The Hall–Kier alpha value is 0.0338. The van der Waals surface area contributed by atoms with E-state index in [-0.39, 0.29) is 42.4 Å². The van der Waals surface area contributed by atoms with E-state index in [0.717, 1.165) is 12.8 Å². The van der Waals surface area contributed by atoms with Crippen LogP contribution in [0.2, 0.25) is 39.3 Å². The van der Waals surface area contributed by atoms with E-state index in [1.54, 1.807) is 23.3 Å². The first-order valence-electron chi connectivity index (χ1n) is 9.60. The maximum atomic E-state index is 3.30. The van der Waals surface area contributed by atoms with Crippen LogP contribution in [0.3, 0.4) is 0 Å². The standard InChI is InChI=1S/C13H9.C5H5.2C3H9Si.2ClH.H2Si.Zr/c1-3-7-12-10(5-1)9-11-6-2-4-8-13(11)12;1-2-4-5-3-1;2*1-4(2)3;;;;/h1-5,7-8H,9H2;1-3H,4H2;2*1-3H3;2*1H;1H2;/q2*-1;;;;;;+2. The van der Waals surface area contributed by atoms with Gasteiger partial charge in [-0.25, -0.2) is 12.2 Å². The van der Waals surface area contributed by atoms with Gasteiger partial charge in [0.2, 0.25) is 0 Å². The van der Waals surface area contributed by atoms with Gasteiger partial charge < -0.3 is 0 Å². The van der Waals surface area contributed by atoms with Gasteiger partial charge in [0.25, 0.3) is 0 Å². The average molecular weight is 571 g/mol. The molecule has 0 nitrogen and oxygen atoms in total. The SMILES string of the molecule is C[Si](C)C.C[Si](C)C.Cl.Cl.[C-]1=CC=CC1.[SiH2]=[Zr+2].[c-]1cccc2c1Cc1ccccc1-2. The van der Waals surface area contributed by atoms with E-state index in [0.29, 0.717) is 0 Å². The summed E-state index contributed by atoms with van der Waals surface area (Å²) in [6.45, 7) is 15.6. The van der Waals surface area contributed by atoms with Crippen molar-refractivity contribution in [3.8, 4) is 11.1 Å². The molecule has 4 rings (SSSR count). The fourth-order valence-corrected chi connectivity index (χ4v) is 2.34. The van der Waals surface area contributed by atoms with Gasteiger partial charge in [-0.3, -0.25) is 6.08 Å². The van der Waals surface area contributed by atoms with Crippen LogP contribution in [-0.2, 0) is 29.8 Å². The maximum absolute atomic E-state index is 3.30. The van der Waals surface area contributed by atoms with Crippen LogP contribution in [0, 0.1) is 12.1 Å². The van der Waals surface area contributed by atoms with Crippen LogP contribution < -0.4 is 0 Å². The first-order valence-corrected chi connectivity index (χ1v) is 21.5. The first kappa shape index (κ1) is 34.6. The number of hydrogen-bond acceptors (Lipinski definition) is 0. The first-order chi connectivity index (χ1) is 13.4. The third-order valence-electron chi connectivity index (χ3n) is 3.20. The summed E-state index contributed by atoms with van der Waals surface area (Å²) in [7, 11) is 0.241.